The summed E-state index contributed by atoms with van der Waals surface area (Å²) < 4.78 is 1.46. The highest BCUT2D eigenvalue weighted by Crippen LogP contribution is 2.50. The molecular weight excluding hydrogens is 470 g/mol. The SMILES string of the molecule is CC(C)C1NC2N(C1=O)c1ccccc1C2(O)CC1C(=O)NC(C(C)C)c2nc3ccccc3c(=O)n21. The molecule has 5 unspecified atom stereocenters. The Hall–Kier alpha value is -3.56. The molecule has 2 aromatic carbocycles. The zero-order valence-corrected chi connectivity index (χ0v) is 21.3. The van der Waals surface area contributed by atoms with Crippen LogP contribution in [0.1, 0.15) is 57.6 Å². The second-order valence-electron chi connectivity index (χ2n) is 11.1. The van der Waals surface area contributed by atoms with E-state index in [0.717, 1.165) is 0 Å². The second kappa shape index (κ2) is 8.22. The van der Waals surface area contributed by atoms with E-state index < -0.39 is 29.9 Å². The number of benzene rings is 2. The van der Waals surface area contributed by atoms with Crippen molar-refractivity contribution in [1.82, 2.24) is 20.2 Å². The van der Waals surface area contributed by atoms with Crippen molar-refractivity contribution in [3.8, 4) is 0 Å². The van der Waals surface area contributed by atoms with Crippen molar-refractivity contribution in [3.05, 3.63) is 70.3 Å². The Morgan fingerprint density at radius 3 is 2.38 bits per heavy atom. The van der Waals surface area contributed by atoms with Gasteiger partial charge in [0.15, 0.2) is 0 Å². The molecule has 1 fully saturated rings. The first kappa shape index (κ1) is 23.8. The molecular formula is C28H31N5O4. The Balaban J connectivity index is 1.52. The molecule has 1 saturated heterocycles. The van der Waals surface area contributed by atoms with Crippen molar-refractivity contribution in [2.75, 3.05) is 4.90 Å². The van der Waals surface area contributed by atoms with E-state index in [9.17, 15) is 19.5 Å². The van der Waals surface area contributed by atoms with Crippen molar-refractivity contribution < 1.29 is 14.7 Å². The fraction of sp³-hybridized carbons (Fsp3) is 0.429. The van der Waals surface area contributed by atoms with Gasteiger partial charge in [0.1, 0.15) is 23.6 Å². The van der Waals surface area contributed by atoms with Gasteiger partial charge in [-0.3, -0.25) is 29.2 Å². The monoisotopic (exact) mass is 501 g/mol. The van der Waals surface area contributed by atoms with Gasteiger partial charge in [0.25, 0.3) is 5.56 Å². The molecule has 0 bridgehead atoms. The summed E-state index contributed by atoms with van der Waals surface area (Å²) in [5.41, 5.74) is -0.168. The summed E-state index contributed by atoms with van der Waals surface area (Å²) >= 11 is 0. The third kappa shape index (κ3) is 3.30. The number of carbonyl (C=O) groups excluding carboxylic acids is 2. The first-order valence-corrected chi connectivity index (χ1v) is 12.9. The molecule has 0 spiro atoms. The number of carbonyl (C=O) groups is 2. The van der Waals surface area contributed by atoms with Crippen LogP contribution in [0.25, 0.3) is 10.9 Å². The number of nitrogens with one attached hydrogen (secondary N) is 2. The predicted octanol–water partition coefficient (Wildman–Crippen LogP) is 2.34. The van der Waals surface area contributed by atoms with Crippen LogP contribution in [-0.2, 0) is 15.2 Å². The molecule has 0 saturated carbocycles. The van der Waals surface area contributed by atoms with Crippen LogP contribution in [0.3, 0.4) is 0 Å². The third-order valence-electron chi connectivity index (χ3n) is 8.04. The van der Waals surface area contributed by atoms with Crippen LogP contribution < -0.4 is 21.1 Å². The van der Waals surface area contributed by atoms with E-state index in [-0.39, 0.29) is 35.6 Å². The molecule has 0 aliphatic carbocycles. The molecule has 6 rings (SSSR count). The number of amides is 2. The minimum atomic E-state index is -1.61. The normalized spacial score (nSPS) is 28.6. The Morgan fingerprint density at radius 2 is 1.65 bits per heavy atom. The minimum Gasteiger partial charge on any atom is -0.381 e. The number of para-hydroxylation sites is 2. The Bertz CT molecular complexity index is 1500. The molecule has 5 atom stereocenters. The quantitative estimate of drug-likeness (QED) is 0.505. The average Bonchev–Trinajstić information content (AvgIpc) is 3.34. The number of anilines is 1. The van der Waals surface area contributed by atoms with E-state index in [1.807, 2.05) is 45.9 Å². The zero-order chi connectivity index (χ0) is 26.2. The van der Waals surface area contributed by atoms with Crippen molar-refractivity contribution in [2.45, 2.75) is 64.0 Å². The minimum absolute atomic E-state index is 0.00378. The van der Waals surface area contributed by atoms with Gasteiger partial charge in [-0.2, -0.15) is 0 Å². The van der Waals surface area contributed by atoms with E-state index in [4.69, 9.17) is 4.98 Å². The van der Waals surface area contributed by atoms with Gasteiger partial charge in [-0.05, 0) is 30.0 Å². The van der Waals surface area contributed by atoms with Crippen LogP contribution in [0.5, 0.6) is 0 Å². The van der Waals surface area contributed by atoms with Gasteiger partial charge in [0.2, 0.25) is 11.8 Å². The van der Waals surface area contributed by atoms with Gasteiger partial charge in [-0.25, -0.2) is 4.98 Å². The van der Waals surface area contributed by atoms with Gasteiger partial charge >= 0.3 is 0 Å². The number of hydrogen-bond donors (Lipinski definition) is 3. The summed E-state index contributed by atoms with van der Waals surface area (Å²) in [5, 5.41) is 19.1. The molecule has 4 heterocycles. The third-order valence-corrected chi connectivity index (χ3v) is 8.04. The number of nitrogens with zero attached hydrogens (tertiary/aromatic N) is 3. The van der Waals surface area contributed by atoms with E-state index in [2.05, 4.69) is 10.6 Å². The molecule has 9 heteroatoms. The molecule has 3 N–H and O–H groups in total. The summed E-state index contributed by atoms with van der Waals surface area (Å²) in [5.74, 6) is 0.0284. The summed E-state index contributed by atoms with van der Waals surface area (Å²) in [6.45, 7) is 7.84. The van der Waals surface area contributed by atoms with Gasteiger partial charge in [0, 0.05) is 12.0 Å². The fourth-order valence-corrected chi connectivity index (χ4v) is 6.16. The lowest BCUT2D eigenvalue weighted by molar-refractivity contribution is -0.130. The zero-order valence-electron chi connectivity index (χ0n) is 21.3. The van der Waals surface area contributed by atoms with Crippen LogP contribution >= 0.6 is 0 Å². The van der Waals surface area contributed by atoms with Gasteiger partial charge in [-0.15, -0.1) is 0 Å². The van der Waals surface area contributed by atoms with Gasteiger partial charge in [0.05, 0.1) is 28.7 Å². The Labute approximate surface area is 214 Å². The highest BCUT2D eigenvalue weighted by Gasteiger charge is 2.59. The largest absolute Gasteiger partial charge is 0.381 e. The van der Waals surface area contributed by atoms with Crippen LogP contribution in [-0.4, -0.2) is 38.7 Å². The molecule has 3 aliphatic rings. The maximum Gasteiger partial charge on any atom is 0.262 e. The van der Waals surface area contributed by atoms with E-state index >= 15 is 0 Å². The van der Waals surface area contributed by atoms with Gasteiger partial charge in [-0.1, -0.05) is 58.0 Å². The van der Waals surface area contributed by atoms with Crippen molar-refractivity contribution >= 4 is 28.4 Å². The molecule has 0 radical (unpaired) electrons. The maximum absolute atomic E-state index is 13.8. The van der Waals surface area contributed by atoms with Crippen molar-refractivity contribution in [1.29, 1.82) is 0 Å². The molecule has 3 aromatic rings. The molecule has 1 aromatic heterocycles. The summed E-state index contributed by atoms with van der Waals surface area (Å²) in [7, 11) is 0. The molecule has 3 aliphatic heterocycles. The van der Waals surface area contributed by atoms with E-state index in [1.165, 1.54) is 4.57 Å². The van der Waals surface area contributed by atoms with E-state index in [0.29, 0.717) is 28.0 Å². The van der Waals surface area contributed by atoms with Crippen LogP contribution in [0.2, 0.25) is 0 Å². The summed E-state index contributed by atoms with van der Waals surface area (Å²) in [6.07, 6.45) is -0.854. The maximum atomic E-state index is 13.8. The lowest BCUT2D eigenvalue weighted by Gasteiger charge is -2.39. The van der Waals surface area contributed by atoms with Crippen molar-refractivity contribution in [2.24, 2.45) is 11.8 Å². The highest BCUT2D eigenvalue weighted by molar-refractivity contribution is 6.03. The van der Waals surface area contributed by atoms with Crippen LogP contribution in [0, 0.1) is 11.8 Å². The number of aromatic nitrogens is 2. The smallest absolute Gasteiger partial charge is 0.262 e. The average molecular weight is 502 g/mol. The number of rotatable bonds is 4. The number of fused-ring (bicyclic) bond motifs is 5. The number of aliphatic hydroxyl groups is 1. The fourth-order valence-electron chi connectivity index (χ4n) is 6.16. The molecule has 192 valence electrons. The summed E-state index contributed by atoms with van der Waals surface area (Å²) in [6, 6.07) is 12.4. The lowest BCUT2D eigenvalue weighted by atomic mass is 9.84. The predicted molar refractivity (Wildman–Crippen MR) is 139 cm³/mol. The second-order valence-corrected chi connectivity index (χ2v) is 11.1. The van der Waals surface area contributed by atoms with E-state index in [1.54, 1.807) is 35.2 Å². The van der Waals surface area contributed by atoms with Crippen LogP contribution in [0.4, 0.5) is 5.69 Å². The first-order valence-electron chi connectivity index (χ1n) is 12.9. The molecule has 37 heavy (non-hydrogen) atoms. The van der Waals surface area contributed by atoms with Gasteiger partial charge < -0.3 is 10.4 Å². The standard InChI is InChI=1S/C28H31N5O4/c1-14(2)21-23-29-18-11-7-5-9-16(18)25(35)32(23)20(24(34)30-21)13-28(37)17-10-6-8-12-19(17)33-26(36)22(15(3)4)31-27(28)33/h5-12,14-15,20-22,27,31,37H,13H2,1-4H3,(H,30,34). The first-order chi connectivity index (χ1) is 17.6. The Kier molecular flexibility index (Phi) is 5.29. The lowest BCUT2D eigenvalue weighted by Crippen LogP contribution is -2.55. The number of hydrogen-bond acceptors (Lipinski definition) is 6. The summed E-state index contributed by atoms with van der Waals surface area (Å²) in [4.78, 5) is 47.2. The van der Waals surface area contributed by atoms with Crippen molar-refractivity contribution in [3.63, 3.8) is 0 Å². The van der Waals surface area contributed by atoms with Crippen LogP contribution in [0.15, 0.2) is 53.3 Å². The topological polar surface area (TPSA) is 117 Å². The Morgan fingerprint density at radius 1 is 0.973 bits per heavy atom. The highest BCUT2D eigenvalue weighted by atomic mass is 16.3. The molecule has 2 amide bonds. The molecule has 9 nitrogen and oxygen atoms in total.